The summed E-state index contributed by atoms with van der Waals surface area (Å²) < 4.78 is 18.4. The molecule has 2 N–H and O–H groups in total. The highest BCUT2D eigenvalue weighted by Gasteiger charge is 2.10. The molecule has 1 atom stereocenters. The molecule has 0 aliphatic carbocycles. The van der Waals surface area contributed by atoms with Crippen LogP contribution in [0.15, 0.2) is 48.5 Å². The fourth-order valence-corrected chi connectivity index (χ4v) is 2.34. The van der Waals surface area contributed by atoms with E-state index in [1.165, 1.54) is 12.1 Å². The van der Waals surface area contributed by atoms with E-state index in [1.54, 1.807) is 12.1 Å². The van der Waals surface area contributed by atoms with E-state index in [1.807, 2.05) is 38.1 Å². The SMILES string of the molecule is CCOCc1ccccc1CNC(=O)N[C@H](C)c1ccc(F)cc1. The molecule has 0 aromatic heterocycles. The zero-order valence-corrected chi connectivity index (χ0v) is 14.0. The molecule has 2 rings (SSSR count). The number of rotatable bonds is 7. The van der Waals surface area contributed by atoms with Crippen molar-refractivity contribution < 1.29 is 13.9 Å². The largest absolute Gasteiger partial charge is 0.377 e. The molecule has 4 nitrogen and oxygen atoms in total. The zero-order chi connectivity index (χ0) is 17.4. The number of halogens is 1. The van der Waals surface area contributed by atoms with Crippen LogP contribution in [0.1, 0.15) is 36.6 Å². The maximum Gasteiger partial charge on any atom is 0.315 e. The molecule has 0 radical (unpaired) electrons. The van der Waals surface area contributed by atoms with Crippen LogP contribution < -0.4 is 10.6 Å². The Labute approximate surface area is 142 Å². The standard InChI is InChI=1S/C19H23FN2O2/c1-3-24-13-17-7-5-4-6-16(17)12-21-19(23)22-14(2)15-8-10-18(20)11-9-15/h4-11,14H,3,12-13H2,1-2H3,(H2,21,22,23)/t14-/m1/s1. The normalized spacial score (nSPS) is 11.8. The van der Waals surface area contributed by atoms with Gasteiger partial charge >= 0.3 is 6.03 Å². The number of hydrogen-bond acceptors (Lipinski definition) is 2. The zero-order valence-electron chi connectivity index (χ0n) is 14.0. The summed E-state index contributed by atoms with van der Waals surface area (Å²) >= 11 is 0. The number of amides is 2. The van der Waals surface area contributed by atoms with E-state index in [4.69, 9.17) is 4.74 Å². The quantitative estimate of drug-likeness (QED) is 0.808. The van der Waals surface area contributed by atoms with Crippen LogP contribution in [0, 0.1) is 5.82 Å². The Kier molecular flexibility index (Phi) is 6.75. The average molecular weight is 330 g/mol. The number of carbonyl (C=O) groups is 1. The molecule has 0 aliphatic heterocycles. The van der Waals surface area contributed by atoms with Gasteiger partial charge in [-0.1, -0.05) is 36.4 Å². The Morgan fingerprint density at radius 2 is 1.79 bits per heavy atom. The molecule has 2 aromatic rings. The summed E-state index contributed by atoms with van der Waals surface area (Å²) in [6.45, 7) is 5.41. The monoisotopic (exact) mass is 330 g/mol. The van der Waals surface area contributed by atoms with Crippen molar-refractivity contribution in [1.82, 2.24) is 10.6 Å². The molecule has 24 heavy (non-hydrogen) atoms. The Morgan fingerprint density at radius 1 is 1.12 bits per heavy atom. The summed E-state index contributed by atoms with van der Waals surface area (Å²) in [5.74, 6) is -0.290. The molecular weight excluding hydrogens is 307 g/mol. The van der Waals surface area contributed by atoms with Crippen LogP contribution >= 0.6 is 0 Å². The highest BCUT2D eigenvalue weighted by Crippen LogP contribution is 2.13. The lowest BCUT2D eigenvalue weighted by molar-refractivity contribution is 0.133. The molecule has 0 saturated heterocycles. The van der Waals surface area contributed by atoms with Gasteiger partial charge in [-0.3, -0.25) is 0 Å². The first-order valence-electron chi connectivity index (χ1n) is 8.04. The van der Waals surface area contributed by atoms with Crippen molar-refractivity contribution in [3.8, 4) is 0 Å². The summed E-state index contributed by atoms with van der Waals surface area (Å²) in [5, 5.41) is 5.69. The summed E-state index contributed by atoms with van der Waals surface area (Å²) in [7, 11) is 0. The van der Waals surface area contributed by atoms with E-state index >= 15 is 0 Å². The molecule has 0 saturated carbocycles. The second-order valence-corrected chi connectivity index (χ2v) is 5.51. The van der Waals surface area contributed by atoms with Crippen molar-refractivity contribution in [2.24, 2.45) is 0 Å². The average Bonchev–Trinajstić information content (AvgIpc) is 2.59. The number of benzene rings is 2. The maximum absolute atomic E-state index is 12.9. The van der Waals surface area contributed by atoms with E-state index in [-0.39, 0.29) is 17.9 Å². The number of hydrogen-bond donors (Lipinski definition) is 2. The lowest BCUT2D eigenvalue weighted by atomic mass is 10.1. The van der Waals surface area contributed by atoms with Gasteiger partial charge in [-0.2, -0.15) is 0 Å². The lowest BCUT2D eigenvalue weighted by Crippen LogP contribution is -2.36. The molecule has 128 valence electrons. The molecule has 5 heteroatoms. The molecule has 0 spiro atoms. The van der Waals surface area contributed by atoms with Gasteiger partial charge in [0.2, 0.25) is 0 Å². The van der Waals surface area contributed by atoms with Crippen molar-refractivity contribution >= 4 is 6.03 Å². The Bertz CT molecular complexity index is 659. The molecule has 0 aliphatic rings. The minimum absolute atomic E-state index is 0.204. The third-order valence-corrected chi connectivity index (χ3v) is 3.74. The van der Waals surface area contributed by atoms with Gasteiger partial charge in [0.1, 0.15) is 5.82 Å². The number of carbonyl (C=O) groups excluding carboxylic acids is 1. The van der Waals surface area contributed by atoms with Gasteiger partial charge in [-0.05, 0) is 42.7 Å². The first-order chi connectivity index (χ1) is 11.6. The topological polar surface area (TPSA) is 50.4 Å². The van der Waals surface area contributed by atoms with Gasteiger partial charge in [0, 0.05) is 13.2 Å². The molecule has 0 heterocycles. The Hall–Kier alpha value is -2.40. The van der Waals surface area contributed by atoms with Crippen LogP contribution in [-0.2, 0) is 17.9 Å². The molecule has 2 aromatic carbocycles. The van der Waals surface area contributed by atoms with Gasteiger partial charge in [-0.25, -0.2) is 9.18 Å². The second kappa shape index (κ2) is 9.03. The summed E-state index contributed by atoms with van der Waals surface area (Å²) in [4.78, 5) is 12.1. The summed E-state index contributed by atoms with van der Waals surface area (Å²) in [6.07, 6.45) is 0. The highest BCUT2D eigenvalue weighted by atomic mass is 19.1. The predicted octanol–water partition coefficient (Wildman–Crippen LogP) is 3.92. The van der Waals surface area contributed by atoms with E-state index in [0.717, 1.165) is 16.7 Å². The Morgan fingerprint density at radius 3 is 2.46 bits per heavy atom. The number of nitrogens with one attached hydrogen (secondary N) is 2. The molecular formula is C19H23FN2O2. The molecule has 0 unspecified atom stereocenters. The first kappa shape index (κ1) is 17.9. The fourth-order valence-electron chi connectivity index (χ4n) is 2.34. The van der Waals surface area contributed by atoms with Crippen LogP contribution in [0.2, 0.25) is 0 Å². The number of urea groups is 1. The van der Waals surface area contributed by atoms with Gasteiger partial charge in [0.05, 0.1) is 12.6 Å². The Balaban J connectivity index is 1.88. The maximum atomic E-state index is 12.9. The third kappa shape index (κ3) is 5.35. The minimum Gasteiger partial charge on any atom is -0.377 e. The summed E-state index contributed by atoms with van der Waals surface area (Å²) in [6, 6.07) is 13.5. The van der Waals surface area contributed by atoms with Crippen LogP contribution in [0.25, 0.3) is 0 Å². The van der Waals surface area contributed by atoms with Crippen LogP contribution in [-0.4, -0.2) is 12.6 Å². The van der Waals surface area contributed by atoms with Crippen molar-refractivity contribution in [1.29, 1.82) is 0 Å². The first-order valence-corrected chi connectivity index (χ1v) is 8.04. The lowest BCUT2D eigenvalue weighted by Gasteiger charge is -2.16. The number of ether oxygens (including phenoxy) is 1. The molecule has 2 amide bonds. The summed E-state index contributed by atoms with van der Waals surface area (Å²) in [5.41, 5.74) is 2.94. The van der Waals surface area contributed by atoms with Gasteiger partial charge in [0.25, 0.3) is 0 Å². The van der Waals surface area contributed by atoms with Crippen molar-refractivity contribution in [2.45, 2.75) is 33.0 Å². The highest BCUT2D eigenvalue weighted by molar-refractivity contribution is 5.74. The van der Waals surface area contributed by atoms with Crippen molar-refractivity contribution in [2.75, 3.05) is 6.61 Å². The van der Waals surface area contributed by atoms with E-state index in [0.29, 0.717) is 19.8 Å². The second-order valence-electron chi connectivity index (χ2n) is 5.51. The van der Waals surface area contributed by atoms with E-state index in [2.05, 4.69) is 10.6 Å². The van der Waals surface area contributed by atoms with Crippen LogP contribution in [0.4, 0.5) is 9.18 Å². The van der Waals surface area contributed by atoms with Crippen LogP contribution in [0.3, 0.4) is 0 Å². The molecule has 0 fully saturated rings. The van der Waals surface area contributed by atoms with Gasteiger partial charge < -0.3 is 15.4 Å². The van der Waals surface area contributed by atoms with Crippen molar-refractivity contribution in [3.05, 3.63) is 71.0 Å². The minimum atomic E-state index is -0.290. The fraction of sp³-hybridized carbons (Fsp3) is 0.316. The predicted molar refractivity (Wildman–Crippen MR) is 92.0 cm³/mol. The van der Waals surface area contributed by atoms with E-state index < -0.39 is 0 Å². The van der Waals surface area contributed by atoms with E-state index in [9.17, 15) is 9.18 Å². The van der Waals surface area contributed by atoms with Crippen LogP contribution in [0.5, 0.6) is 0 Å². The third-order valence-electron chi connectivity index (χ3n) is 3.74. The van der Waals surface area contributed by atoms with Gasteiger partial charge in [0.15, 0.2) is 0 Å². The van der Waals surface area contributed by atoms with Crippen molar-refractivity contribution in [3.63, 3.8) is 0 Å². The molecule has 0 bridgehead atoms. The smallest absolute Gasteiger partial charge is 0.315 e. The van der Waals surface area contributed by atoms with Gasteiger partial charge in [-0.15, -0.1) is 0 Å².